The maximum atomic E-state index is 12.9. The van der Waals surface area contributed by atoms with Crippen LogP contribution in [0, 0.1) is 12.9 Å². The molecule has 8 heteroatoms. The van der Waals surface area contributed by atoms with Gasteiger partial charge in [0.05, 0.1) is 6.20 Å². The Labute approximate surface area is 105 Å². The predicted molar refractivity (Wildman–Crippen MR) is 66.9 cm³/mol. The van der Waals surface area contributed by atoms with Crippen molar-refractivity contribution in [1.82, 2.24) is 18.7 Å². The van der Waals surface area contributed by atoms with Gasteiger partial charge in [-0.05, 0) is 12.5 Å². The molecule has 0 saturated heterocycles. The second-order valence-corrected chi connectivity index (χ2v) is 4.93. The van der Waals surface area contributed by atoms with Crippen molar-refractivity contribution in [3.05, 3.63) is 23.9 Å². The molecule has 0 unspecified atom stereocenters. The van der Waals surface area contributed by atoms with Crippen LogP contribution in [0.1, 0.15) is 19.4 Å². The zero-order valence-electron chi connectivity index (χ0n) is 10.6. The van der Waals surface area contributed by atoms with E-state index in [0.717, 1.165) is 10.2 Å². The minimum absolute atomic E-state index is 0.0214. The maximum Gasteiger partial charge on any atom is 0.306 e. The van der Waals surface area contributed by atoms with Crippen LogP contribution in [-0.2, 0) is 10.2 Å². The normalized spacial score (nSPS) is 11.2. The van der Waals surface area contributed by atoms with E-state index in [0.29, 0.717) is 11.1 Å². The second-order valence-electron chi connectivity index (χ2n) is 3.18. The first-order valence-corrected chi connectivity index (χ1v) is 6.84. The maximum absolute atomic E-state index is 12.9. The molecule has 6 nitrogen and oxygen atoms in total. The summed E-state index contributed by atoms with van der Waals surface area (Å²) in [4.78, 5) is 7.32. The topological polar surface area (TPSA) is 76.9 Å². The molecule has 0 aromatic carbocycles. The Morgan fingerprint density at radius 2 is 2.00 bits per heavy atom. The average Bonchev–Trinajstić information content (AvgIpc) is 2.69. The Balaban J connectivity index is 0.000000771. The van der Waals surface area contributed by atoms with Crippen molar-refractivity contribution >= 4 is 21.4 Å². The van der Waals surface area contributed by atoms with Gasteiger partial charge < -0.3 is 0 Å². The number of fused-ring (bicyclic) bond motifs is 1. The van der Waals surface area contributed by atoms with E-state index in [2.05, 4.69) is 14.7 Å². The van der Waals surface area contributed by atoms with Crippen molar-refractivity contribution in [2.75, 3.05) is 7.05 Å². The van der Waals surface area contributed by atoms with Gasteiger partial charge in [0, 0.05) is 13.2 Å². The molecule has 2 heterocycles. The molecule has 18 heavy (non-hydrogen) atoms. The highest BCUT2D eigenvalue weighted by molar-refractivity contribution is 7.88. The lowest BCUT2D eigenvalue weighted by molar-refractivity contribution is 0.574. The van der Waals surface area contributed by atoms with E-state index in [4.69, 9.17) is 0 Å². The highest BCUT2D eigenvalue weighted by atomic mass is 32.2. The van der Waals surface area contributed by atoms with Crippen LogP contribution < -0.4 is 4.72 Å². The smallest absolute Gasteiger partial charge is 0.248 e. The lowest BCUT2D eigenvalue weighted by Crippen LogP contribution is -2.25. The van der Waals surface area contributed by atoms with Crippen LogP contribution >= 0.6 is 0 Å². The van der Waals surface area contributed by atoms with E-state index in [1.165, 1.54) is 13.2 Å². The van der Waals surface area contributed by atoms with Crippen LogP contribution in [0.5, 0.6) is 0 Å². The van der Waals surface area contributed by atoms with Crippen molar-refractivity contribution in [2.45, 2.75) is 20.8 Å². The molecule has 0 aliphatic rings. The quantitative estimate of drug-likeness (QED) is 0.893. The van der Waals surface area contributed by atoms with E-state index >= 15 is 0 Å². The summed E-state index contributed by atoms with van der Waals surface area (Å²) in [6, 6.07) is 0. The summed E-state index contributed by atoms with van der Waals surface area (Å²) in [5, 5.41) is 0. The van der Waals surface area contributed by atoms with Gasteiger partial charge in [-0.1, -0.05) is 13.8 Å². The van der Waals surface area contributed by atoms with Gasteiger partial charge >= 0.3 is 10.2 Å². The lowest BCUT2D eigenvalue weighted by atomic mass is 10.3. The standard InChI is InChI=1S/C8H9FN4O2S.C2H6/c1-5-4-13(16(14,15)10-2)8-7(5)11-3-6(9)12-8;1-2/h3-4,10H,1-2H3;1-2H3. The van der Waals surface area contributed by atoms with Gasteiger partial charge in [-0.25, -0.2) is 13.7 Å². The minimum Gasteiger partial charge on any atom is -0.248 e. The molecule has 0 saturated carbocycles. The number of nitrogens with zero attached hydrogens (tertiary/aromatic N) is 3. The minimum atomic E-state index is -3.72. The number of hydrogen-bond acceptors (Lipinski definition) is 4. The number of rotatable bonds is 2. The van der Waals surface area contributed by atoms with Crippen molar-refractivity contribution < 1.29 is 12.8 Å². The van der Waals surface area contributed by atoms with Crippen LogP contribution in [0.25, 0.3) is 11.2 Å². The van der Waals surface area contributed by atoms with Crippen LogP contribution in [0.3, 0.4) is 0 Å². The molecule has 0 fully saturated rings. The molecule has 0 amide bonds. The fourth-order valence-corrected chi connectivity index (χ4v) is 2.22. The molecule has 2 aromatic heterocycles. The average molecular weight is 274 g/mol. The first-order valence-electron chi connectivity index (χ1n) is 5.40. The van der Waals surface area contributed by atoms with Gasteiger partial charge in [-0.3, -0.25) is 0 Å². The third-order valence-electron chi connectivity index (χ3n) is 2.13. The lowest BCUT2D eigenvalue weighted by Gasteiger charge is -2.03. The fourth-order valence-electron chi connectivity index (χ4n) is 1.37. The van der Waals surface area contributed by atoms with Gasteiger partial charge in [-0.15, -0.1) is 0 Å². The van der Waals surface area contributed by atoms with E-state index < -0.39 is 16.2 Å². The summed E-state index contributed by atoms with van der Waals surface area (Å²) in [5.41, 5.74) is 0.952. The Morgan fingerprint density at radius 3 is 2.56 bits per heavy atom. The van der Waals surface area contributed by atoms with Gasteiger partial charge in [0.25, 0.3) is 0 Å². The Hall–Kier alpha value is -1.54. The molecule has 2 rings (SSSR count). The highest BCUT2D eigenvalue weighted by Crippen LogP contribution is 2.17. The number of aromatic nitrogens is 3. The fraction of sp³-hybridized carbons (Fsp3) is 0.400. The largest absolute Gasteiger partial charge is 0.306 e. The van der Waals surface area contributed by atoms with E-state index in [-0.39, 0.29) is 5.65 Å². The monoisotopic (exact) mass is 274 g/mol. The zero-order chi connectivity index (χ0) is 13.9. The Bertz CT molecular complexity index is 651. The summed E-state index contributed by atoms with van der Waals surface area (Å²) < 4.78 is 39.1. The van der Waals surface area contributed by atoms with Crippen molar-refractivity contribution in [2.24, 2.45) is 0 Å². The summed E-state index contributed by atoms with van der Waals surface area (Å²) in [6.07, 6.45) is 2.29. The molecule has 0 aliphatic carbocycles. The number of aryl methyl sites for hydroxylation is 1. The summed E-state index contributed by atoms with van der Waals surface area (Å²) in [6.45, 7) is 5.68. The SMILES string of the molecule is CC.CNS(=O)(=O)n1cc(C)c2ncc(F)nc21. The first-order chi connectivity index (χ1) is 8.45. The van der Waals surface area contributed by atoms with Crippen molar-refractivity contribution in [1.29, 1.82) is 0 Å². The van der Waals surface area contributed by atoms with Gasteiger partial charge in [0.1, 0.15) is 5.52 Å². The number of hydrogen-bond donors (Lipinski definition) is 1. The van der Waals surface area contributed by atoms with Crippen LogP contribution in [0.4, 0.5) is 4.39 Å². The van der Waals surface area contributed by atoms with Crippen LogP contribution in [-0.4, -0.2) is 29.4 Å². The van der Waals surface area contributed by atoms with E-state index in [1.54, 1.807) is 6.92 Å². The molecule has 0 bridgehead atoms. The molecule has 1 N–H and O–H groups in total. The van der Waals surface area contributed by atoms with Crippen molar-refractivity contribution in [3.8, 4) is 0 Å². The predicted octanol–water partition coefficient (Wildman–Crippen LogP) is 1.22. The summed E-state index contributed by atoms with van der Waals surface area (Å²) >= 11 is 0. The number of halogens is 1. The van der Waals surface area contributed by atoms with Gasteiger partial charge in [-0.2, -0.15) is 17.8 Å². The summed E-state index contributed by atoms with van der Waals surface area (Å²) in [5.74, 6) is -0.821. The molecular formula is C10H15FN4O2S. The van der Waals surface area contributed by atoms with E-state index in [1.807, 2.05) is 13.8 Å². The third kappa shape index (κ3) is 2.49. The highest BCUT2D eigenvalue weighted by Gasteiger charge is 2.17. The van der Waals surface area contributed by atoms with Crippen LogP contribution in [0.15, 0.2) is 12.4 Å². The van der Waals surface area contributed by atoms with E-state index in [9.17, 15) is 12.8 Å². The van der Waals surface area contributed by atoms with Gasteiger partial charge in [0.15, 0.2) is 5.65 Å². The number of nitrogens with one attached hydrogen (secondary N) is 1. The second kappa shape index (κ2) is 5.40. The molecule has 0 aliphatic heterocycles. The third-order valence-corrected chi connectivity index (χ3v) is 3.45. The first kappa shape index (κ1) is 14.5. The molecule has 2 aromatic rings. The molecule has 0 spiro atoms. The van der Waals surface area contributed by atoms with Gasteiger partial charge in [0.2, 0.25) is 5.95 Å². The molecule has 0 atom stereocenters. The Morgan fingerprint density at radius 1 is 1.39 bits per heavy atom. The van der Waals surface area contributed by atoms with Crippen molar-refractivity contribution in [3.63, 3.8) is 0 Å². The van der Waals surface area contributed by atoms with Crippen LogP contribution in [0.2, 0.25) is 0 Å². The zero-order valence-corrected chi connectivity index (χ0v) is 11.4. The molecular weight excluding hydrogens is 259 g/mol. The molecule has 100 valence electrons. The molecule has 0 radical (unpaired) electrons. The summed E-state index contributed by atoms with van der Waals surface area (Å²) in [7, 11) is -2.46. The Kier molecular flexibility index (Phi) is 4.36.